The molecular weight excluding hydrogens is 450 g/mol. The molecule has 1 saturated heterocycles. The lowest BCUT2D eigenvalue weighted by molar-refractivity contribution is -0.129. The fourth-order valence-electron chi connectivity index (χ4n) is 3.10. The van der Waals surface area contributed by atoms with Crippen molar-refractivity contribution in [2.45, 2.75) is 9.24 Å². The summed E-state index contributed by atoms with van der Waals surface area (Å²) in [6.07, 6.45) is 0. The van der Waals surface area contributed by atoms with Crippen LogP contribution in [0.25, 0.3) is 10.2 Å². The Labute approximate surface area is 182 Å². The van der Waals surface area contributed by atoms with Gasteiger partial charge in [0.2, 0.25) is 15.9 Å². The van der Waals surface area contributed by atoms with Crippen LogP contribution in [0.3, 0.4) is 0 Å². The highest BCUT2D eigenvalue weighted by molar-refractivity contribution is 8.01. The lowest BCUT2D eigenvalue weighted by Gasteiger charge is -2.34. The van der Waals surface area contributed by atoms with Crippen molar-refractivity contribution in [1.29, 1.82) is 0 Å². The quantitative estimate of drug-likeness (QED) is 0.536. The normalized spacial score (nSPS) is 15.7. The van der Waals surface area contributed by atoms with Gasteiger partial charge in [-0.15, -0.1) is 11.3 Å². The number of fused-ring (bicyclic) bond motifs is 1. The van der Waals surface area contributed by atoms with E-state index in [1.807, 2.05) is 24.3 Å². The van der Waals surface area contributed by atoms with Gasteiger partial charge in [-0.05, 0) is 24.3 Å². The first-order valence-corrected chi connectivity index (χ1v) is 12.6. The lowest BCUT2D eigenvalue weighted by Crippen LogP contribution is -2.51. The molecule has 0 aliphatic carbocycles. The molecule has 1 fully saturated rings. The van der Waals surface area contributed by atoms with Gasteiger partial charge in [0.1, 0.15) is 4.90 Å². The maximum absolute atomic E-state index is 12.8. The molecule has 0 unspecified atom stereocenters. The molecule has 0 spiro atoms. The summed E-state index contributed by atoms with van der Waals surface area (Å²) in [7, 11) is -3.66. The molecule has 2 heterocycles. The maximum Gasteiger partial charge on any atom is 0.244 e. The van der Waals surface area contributed by atoms with E-state index in [1.165, 1.54) is 22.1 Å². The highest BCUT2D eigenvalue weighted by Crippen LogP contribution is 2.30. The second-order valence-corrected chi connectivity index (χ2v) is 11.0. The van der Waals surface area contributed by atoms with Gasteiger partial charge in [0.25, 0.3) is 0 Å². The van der Waals surface area contributed by atoms with E-state index in [-0.39, 0.29) is 34.7 Å². The number of amides is 1. The Morgan fingerprint density at radius 1 is 1.07 bits per heavy atom. The van der Waals surface area contributed by atoms with Crippen LogP contribution in [-0.4, -0.2) is 60.4 Å². The van der Waals surface area contributed by atoms with Gasteiger partial charge in [0.15, 0.2) is 4.34 Å². The first kappa shape index (κ1) is 20.6. The Hall–Kier alpha value is -1.65. The van der Waals surface area contributed by atoms with Crippen LogP contribution in [0.15, 0.2) is 57.8 Å². The molecular formula is C19H18ClN3O3S3. The van der Waals surface area contributed by atoms with Gasteiger partial charge in [-0.2, -0.15) is 4.31 Å². The second-order valence-electron chi connectivity index (χ2n) is 6.45. The van der Waals surface area contributed by atoms with E-state index >= 15 is 0 Å². The average Bonchev–Trinajstić information content (AvgIpc) is 3.15. The number of para-hydroxylation sites is 1. The highest BCUT2D eigenvalue weighted by Gasteiger charge is 2.31. The fourth-order valence-corrected chi connectivity index (χ4v) is 6.99. The van der Waals surface area contributed by atoms with Crippen molar-refractivity contribution in [3.8, 4) is 0 Å². The smallest absolute Gasteiger partial charge is 0.244 e. The third-order valence-electron chi connectivity index (χ3n) is 4.64. The van der Waals surface area contributed by atoms with Crippen LogP contribution in [0.2, 0.25) is 5.02 Å². The molecule has 0 atom stereocenters. The van der Waals surface area contributed by atoms with Gasteiger partial charge in [0, 0.05) is 26.2 Å². The van der Waals surface area contributed by atoms with Crippen molar-refractivity contribution in [2.75, 3.05) is 31.9 Å². The van der Waals surface area contributed by atoms with Crippen molar-refractivity contribution in [3.63, 3.8) is 0 Å². The number of hydrogen-bond donors (Lipinski definition) is 0. The van der Waals surface area contributed by atoms with Crippen molar-refractivity contribution in [3.05, 3.63) is 53.6 Å². The summed E-state index contributed by atoms with van der Waals surface area (Å²) in [5.41, 5.74) is 0.936. The Balaban J connectivity index is 1.34. The molecule has 2 aromatic carbocycles. The van der Waals surface area contributed by atoms with Gasteiger partial charge < -0.3 is 4.90 Å². The van der Waals surface area contributed by atoms with Gasteiger partial charge in [-0.25, -0.2) is 13.4 Å². The molecule has 1 aliphatic heterocycles. The van der Waals surface area contributed by atoms with Crippen LogP contribution in [0, 0.1) is 0 Å². The van der Waals surface area contributed by atoms with Crippen LogP contribution >= 0.6 is 34.7 Å². The Morgan fingerprint density at radius 2 is 1.76 bits per heavy atom. The Morgan fingerprint density at radius 3 is 2.48 bits per heavy atom. The number of rotatable bonds is 5. The van der Waals surface area contributed by atoms with Crippen LogP contribution < -0.4 is 0 Å². The van der Waals surface area contributed by atoms with E-state index < -0.39 is 10.0 Å². The predicted octanol–water partition coefficient (Wildman–Crippen LogP) is 3.57. The zero-order valence-corrected chi connectivity index (χ0v) is 18.5. The van der Waals surface area contributed by atoms with E-state index in [2.05, 4.69) is 4.98 Å². The molecule has 6 nitrogen and oxygen atoms in total. The topological polar surface area (TPSA) is 70.6 Å². The third kappa shape index (κ3) is 4.44. The summed E-state index contributed by atoms with van der Waals surface area (Å²) in [5.74, 6) is 0.279. The summed E-state index contributed by atoms with van der Waals surface area (Å²) in [6, 6.07) is 14.3. The number of thiazole rings is 1. The monoisotopic (exact) mass is 467 g/mol. The Kier molecular flexibility index (Phi) is 6.12. The first-order valence-electron chi connectivity index (χ1n) is 8.96. The number of carbonyl (C=O) groups is 1. The zero-order valence-electron chi connectivity index (χ0n) is 15.3. The van der Waals surface area contributed by atoms with Gasteiger partial charge in [-0.1, -0.05) is 47.6 Å². The summed E-state index contributed by atoms with van der Waals surface area (Å²) in [4.78, 5) is 18.9. The van der Waals surface area contributed by atoms with Gasteiger partial charge >= 0.3 is 0 Å². The van der Waals surface area contributed by atoms with Gasteiger partial charge in [-0.3, -0.25) is 4.79 Å². The Bertz CT molecular complexity index is 1110. The van der Waals surface area contributed by atoms with Crippen molar-refractivity contribution in [1.82, 2.24) is 14.2 Å². The number of carbonyl (C=O) groups excluding carboxylic acids is 1. The minimum absolute atomic E-state index is 0.0101. The lowest BCUT2D eigenvalue weighted by atomic mass is 10.3. The molecule has 10 heteroatoms. The van der Waals surface area contributed by atoms with E-state index in [9.17, 15) is 13.2 Å². The first-order chi connectivity index (χ1) is 13.9. The molecule has 0 N–H and O–H groups in total. The minimum atomic E-state index is -3.66. The zero-order chi connectivity index (χ0) is 20.4. The third-order valence-corrected chi connectivity index (χ3v) is 9.20. The number of halogens is 1. The average molecular weight is 468 g/mol. The molecule has 3 aromatic rings. The van der Waals surface area contributed by atoms with E-state index in [0.29, 0.717) is 13.1 Å². The highest BCUT2D eigenvalue weighted by atomic mass is 35.5. The molecule has 4 rings (SSSR count). The van der Waals surface area contributed by atoms with Crippen molar-refractivity contribution < 1.29 is 13.2 Å². The molecule has 0 radical (unpaired) electrons. The molecule has 1 aromatic heterocycles. The van der Waals surface area contributed by atoms with Crippen molar-refractivity contribution >= 4 is 60.8 Å². The summed E-state index contributed by atoms with van der Waals surface area (Å²) >= 11 is 9.05. The van der Waals surface area contributed by atoms with Crippen LogP contribution in [0.1, 0.15) is 0 Å². The number of piperazine rings is 1. The molecule has 0 bridgehead atoms. The number of hydrogen-bond acceptors (Lipinski definition) is 6. The van der Waals surface area contributed by atoms with Gasteiger partial charge in [0.05, 0.1) is 21.0 Å². The number of benzene rings is 2. The summed E-state index contributed by atoms with van der Waals surface area (Å²) < 4.78 is 29.0. The van der Waals surface area contributed by atoms with E-state index in [0.717, 1.165) is 14.6 Å². The number of sulfonamides is 1. The van der Waals surface area contributed by atoms with Crippen LogP contribution in [0.4, 0.5) is 0 Å². The SMILES string of the molecule is O=C(CSc1nc2ccccc2s1)N1CCN(S(=O)(=O)c2ccccc2Cl)CC1. The molecule has 0 saturated carbocycles. The second kappa shape index (κ2) is 8.61. The predicted molar refractivity (Wildman–Crippen MR) is 117 cm³/mol. The largest absolute Gasteiger partial charge is 0.339 e. The molecule has 1 aliphatic rings. The van der Waals surface area contributed by atoms with Crippen molar-refractivity contribution in [2.24, 2.45) is 0 Å². The molecule has 29 heavy (non-hydrogen) atoms. The summed E-state index contributed by atoms with van der Waals surface area (Å²) in [6.45, 7) is 1.24. The standard InChI is InChI=1S/C19H18ClN3O3S3/c20-14-5-1-4-8-17(14)29(25,26)23-11-9-22(10-12-23)18(24)13-27-19-21-15-6-2-3-7-16(15)28-19/h1-8H,9-13H2. The molecule has 152 valence electrons. The number of aromatic nitrogens is 1. The fraction of sp³-hybridized carbons (Fsp3) is 0.263. The molecule has 1 amide bonds. The maximum atomic E-state index is 12.8. The minimum Gasteiger partial charge on any atom is -0.339 e. The number of thioether (sulfide) groups is 1. The summed E-state index contributed by atoms with van der Waals surface area (Å²) in [5, 5.41) is 0.207. The van der Waals surface area contributed by atoms with E-state index in [1.54, 1.807) is 34.4 Å². The van der Waals surface area contributed by atoms with Crippen LogP contribution in [0.5, 0.6) is 0 Å². The van der Waals surface area contributed by atoms with E-state index in [4.69, 9.17) is 11.6 Å². The van der Waals surface area contributed by atoms with Crippen LogP contribution in [-0.2, 0) is 14.8 Å². The number of nitrogens with zero attached hydrogens (tertiary/aromatic N) is 3.